The van der Waals surface area contributed by atoms with E-state index < -0.39 is 34.4 Å². The van der Waals surface area contributed by atoms with Crippen molar-refractivity contribution in [2.75, 3.05) is 0 Å². The molecule has 0 amide bonds. The Balaban J connectivity index is 1.97. The van der Waals surface area contributed by atoms with Gasteiger partial charge in [-0.25, -0.2) is 0 Å². The van der Waals surface area contributed by atoms with E-state index in [1.807, 2.05) is 6.92 Å². The van der Waals surface area contributed by atoms with E-state index in [0.717, 1.165) is 18.9 Å². The van der Waals surface area contributed by atoms with Gasteiger partial charge >= 0.3 is 12.1 Å². The minimum atomic E-state index is -4.57. The lowest BCUT2D eigenvalue weighted by atomic mass is 10.1. The van der Waals surface area contributed by atoms with Crippen LogP contribution in [0.5, 0.6) is 0 Å². The zero-order valence-corrected chi connectivity index (χ0v) is 13.6. The van der Waals surface area contributed by atoms with E-state index in [4.69, 9.17) is 16.3 Å². The fraction of sp³-hybridized carbons (Fsp3) is 0.688. The SMILES string of the molecule is CCC1=CCC(OC(=O)[C@H]2[C@@H](C=C(Cl)C(F)(F)F)C2(C)C)C1. The summed E-state index contributed by atoms with van der Waals surface area (Å²) in [5.74, 6) is -1.52. The van der Waals surface area contributed by atoms with Crippen molar-refractivity contribution in [2.45, 2.75) is 52.3 Å². The van der Waals surface area contributed by atoms with Crippen molar-refractivity contribution in [1.82, 2.24) is 0 Å². The van der Waals surface area contributed by atoms with Crippen molar-refractivity contribution in [3.05, 3.63) is 22.8 Å². The summed E-state index contributed by atoms with van der Waals surface area (Å²) >= 11 is 5.27. The Kier molecular flexibility index (Phi) is 4.67. The standard InChI is InChI=1S/C16H20ClF3O2/c1-4-9-5-6-10(7-9)22-14(21)13-11(15(13,2)3)8-12(17)16(18,19)20/h5,8,10-11,13H,4,6-7H2,1-3H3/t10?,11-,13-/m1/s1. The normalized spacial score (nSPS) is 31.0. The maximum Gasteiger partial charge on any atom is 0.426 e. The van der Waals surface area contributed by atoms with Crippen LogP contribution < -0.4 is 0 Å². The van der Waals surface area contributed by atoms with Gasteiger partial charge in [0, 0.05) is 12.8 Å². The molecular weight excluding hydrogens is 317 g/mol. The van der Waals surface area contributed by atoms with Crippen molar-refractivity contribution in [1.29, 1.82) is 0 Å². The van der Waals surface area contributed by atoms with Gasteiger partial charge in [0.15, 0.2) is 0 Å². The Labute approximate surface area is 133 Å². The van der Waals surface area contributed by atoms with Gasteiger partial charge in [-0.05, 0) is 17.8 Å². The zero-order valence-electron chi connectivity index (χ0n) is 12.8. The average molecular weight is 337 g/mol. The van der Waals surface area contributed by atoms with Crippen LogP contribution in [-0.2, 0) is 9.53 Å². The van der Waals surface area contributed by atoms with Crippen molar-refractivity contribution in [3.63, 3.8) is 0 Å². The molecule has 0 saturated heterocycles. The Morgan fingerprint density at radius 3 is 2.64 bits per heavy atom. The third kappa shape index (κ3) is 3.50. The Morgan fingerprint density at radius 1 is 1.50 bits per heavy atom. The molecular formula is C16H20ClF3O2. The molecule has 0 radical (unpaired) electrons. The first-order valence-electron chi connectivity index (χ1n) is 7.40. The molecule has 1 saturated carbocycles. The molecule has 0 heterocycles. The molecule has 22 heavy (non-hydrogen) atoms. The number of ether oxygens (including phenoxy) is 1. The minimum absolute atomic E-state index is 0.179. The molecule has 3 atom stereocenters. The summed E-state index contributed by atoms with van der Waals surface area (Å²) < 4.78 is 43.0. The third-order valence-electron chi connectivity index (χ3n) is 4.66. The first-order chi connectivity index (χ1) is 10.1. The van der Waals surface area contributed by atoms with Crippen molar-refractivity contribution < 1.29 is 22.7 Å². The number of esters is 1. The molecule has 6 heteroatoms. The third-order valence-corrected chi connectivity index (χ3v) is 5.00. The largest absolute Gasteiger partial charge is 0.461 e. The molecule has 0 bridgehead atoms. The first-order valence-corrected chi connectivity index (χ1v) is 7.78. The summed E-state index contributed by atoms with van der Waals surface area (Å²) in [5.41, 5.74) is 0.701. The van der Waals surface area contributed by atoms with Crippen LogP contribution >= 0.6 is 11.6 Å². The average Bonchev–Trinajstić information content (AvgIpc) is 2.74. The Bertz CT molecular complexity index is 520. The number of carbonyl (C=O) groups is 1. The van der Waals surface area contributed by atoms with Crippen LogP contribution in [0.25, 0.3) is 0 Å². The molecule has 2 aliphatic carbocycles. The fourth-order valence-electron chi connectivity index (χ4n) is 3.06. The highest BCUT2D eigenvalue weighted by Gasteiger charge is 2.62. The van der Waals surface area contributed by atoms with Crippen molar-refractivity contribution in [2.24, 2.45) is 17.3 Å². The summed E-state index contributed by atoms with van der Waals surface area (Å²) in [6.45, 7) is 5.55. The molecule has 0 aliphatic heterocycles. The van der Waals surface area contributed by atoms with Crippen molar-refractivity contribution >= 4 is 17.6 Å². The van der Waals surface area contributed by atoms with E-state index in [1.54, 1.807) is 13.8 Å². The molecule has 0 aromatic heterocycles. The van der Waals surface area contributed by atoms with Gasteiger partial charge in [0.2, 0.25) is 0 Å². The fourth-order valence-corrected chi connectivity index (χ4v) is 3.20. The lowest BCUT2D eigenvalue weighted by Gasteiger charge is -2.13. The molecule has 2 rings (SSSR count). The van der Waals surface area contributed by atoms with E-state index in [9.17, 15) is 18.0 Å². The molecule has 2 nitrogen and oxygen atoms in total. The topological polar surface area (TPSA) is 26.3 Å². The van der Waals surface area contributed by atoms with Gasteiger partial charge < -0.3 is 4.74 Å². The smallest absolute Gasteiger partial charge is 0.426 e. The van der Waals surface area contributed by atoms with E-state index in [1.165, 1.54) is 5.57 Å². The lowest BCUT2D eigenvalue weighted by Crippen LogP contribution is -2.19. The summed E-state index contributed by atoms with van der Waals surface area (Å²) in [6.07, 6.45) is 0.591. The molecule has 124 valence electrons. The second kappa shape index (κ2) is 5.91. The number of alkyl halides is 3. The maximum absolute atomic E-state index is 12.5. The number of allylic oxidation sites excluding steroid dienone is 2. The van der Waals surface area contributed by atoms with Crippen LogP contribution in [0, 0.1) is 17.3 Å². The Hall–Kier alpha value is -0.970. The second-order valence-corrected chi connectivity index (χ2v) is 6.96. The van der Waals surface area contributed by atoms with Gasteiger partial charge in [-0.2, -0.15) is 13.2 Å². The van der Waals surface area contributed by atoms with Crippen LogP contribution in [-0.4, -0.2) is 18.2 Å². The van der Waals surface area contributed by atoms with E-state index in [0.29, 0.717) is 6.42 Å². The second-order valence-electron chi connectivity index (χ2n) is 6.55. The van der Waals surface area contributed by atoms with Gasteiger partial charge in [-0.15, -0.1) is 0 Å². The number of rotatable bonds is 4. The van der Waals surface area contributed by atoms with E-state index in [2.05, 4.69) is 6.08 Å². The van der Waals surface area contributed by atoms with Crippen LogP contribution in [0.3, 0.4) is 0 Å². The lowest BCUT2D eigenvalue weighted by molar-refractivity contribution is -0.151. The number of hydrogen-bond acceptors (Lipinski definition) is 2. The van der Waals surface area contributed by atoms with Crippen LogP contribution in [0.15, 0.2) is 22.8 Å². The molecule has 2 aliphatic rings. The van der Waals surface area contributed by atoms with E-state index in [-0.39, 0.29) is 6.10 Å². The predicted octanol–water partition coefficient (Wildman–Crippen LogP) is 4.99. The summed E-state index contributed by atoms with van der Waals surface area (Å²) in [7, 11) is 0. The predicted molar refractivity (Wildman–Crippen MR) is 78.2 cm³/mol. The molecule has 0 aromatic rings. The first kappa shape index (κ1) is 17.4. The Morgan fingerprint density at radius 2 is 2.14 bits per heavy atom. The molecule has 0 N–H and O–H groups in total. The summed E-state index contributed by atoms with van der Waals surface area (Å²) in [5, 5.41) is -1.17. The van der Waals surface area contributed by atoms with Gasteiger partial charge in [0.1, 0.15) is 11.1 Å². The summed E-state index contributed by atoms with van der Waals surface area (Å²) in [4.78, 5) is 12.2. The van der Waals surface area contributed by atoms with Crippen LogP contribution in [0.4, 0.5) is 13.2 Å². The summed E-state index contributed by atoms with van der Waals surface area (Å²) in [6, 6.07) is 0. The maximum atomic E-state index is 12.5. The van der Waals surface area contributed by atoms with E-state index >= 15 is 0 Å². The van der Waals surface area contributed by atoms with Gasteiger partial charge in [-0.3, -0.25) is 4.79 Å². The quantitative estimate of drug-likeness (QED) is 0.534. The van der Waals surface area contributed by atoms with Crippen LogP contribution in [0.2, 0.25) is 0 Å². The number of hydrogen-bond donors (Lipinski definition) is 0. The minimum Gasteiger partial charge on any atom is -0.461 e. The van der Waals surface area contributed by atoms with Gasteiger partial charge in [0.05, 0.1) is 5.92 Å². The molecule has 0 spiro atoms. The molecule has 1 unspecified atom stereocenters. The highest BCUT2D eigenvalue weighted by molar-refractivity contribution is 6.30. The van der Waals surface area contributed by atoms with Crippen molar-refractivity contribution in [3.8, 4) is 0 Å². The zero-order chi connectivity index (χ0) is 16.7. The highest BCUT2D eigenvalue weighted by atomic mass is 35.5. The number of halogens is 4. The van der Waals surface area contributed by atoms with Gasteiger partial charge in [0.25, 0.3) is 0 Å². The monoisotopic (exact) mass is 336 g/mol. The molecule has 1 fully saturated rings. The highest BCUT2D eigenvalue weighted by Crippen LogP contribution is 2.60. The molecule has 0 aromatic carbocycles. The van der Waals surface area contributed by atoms with Gasteiger partial charge in [-0.1, -0.05) is 50.1 Å². The number of carbonyl (C=O) groups excluding carboxylic acids is 1. The van der Waals surface area contributed by atoms with Crippen LogP contribution in [0.1, 0.15) is 40.0 Å².